The van der Waals surface area contributed by atoms with Crippen LogP contribution in [0.4, 0.5) is 5.69 Å². The lowest BCUT2D eigenvalue weighted by atomic mass is 10.1. The molecule has 0 atom stereocenters. The first kappa shape index (κ1) is 13.8. The maximum absolute atomic E-state index is 11.6. The van der Waals surface area contributed by atoms with Gasteiger partial charge in [0, 0.05) is 17.6 Å². The van der Waals surface area contributed by atoms with Crippen LogP contribution in [0.25, 0.3) is 0 Å². The molecule has 0 heterocycles. The number of amides is 1. The van der Waals surface area contributed by atoms with E-state index in [9.17, 15) is 4.79 Å². The third kappa shape index (κ3) is 3.63. The van der Waals surface area contributed by atoms with Crippen LogP contribution in [-0.4, -0.2) is 12.5 Å². The summed E-state index contributed by atoms with van der Waals surface area (Å²) >= 11 is 0. The maximum Gasteiger partial charge on any atom is 0.225 e. The molecule has 17 heavy (non-hydrogen) atoms. The van der Waals surface area contributed by atoms with Gasteiger partial charge in [-0.1, -0.05) is 19.1 Å². The predicted molar refractivity (Wildman–Crippen MR) is 72.2 cm³/mol. The van der Waals surface area contributed by atoms with Gasteiger partial charge < -0.3 is 11.1 Å². The quantitative estimate of drug-likeness (QED) is 0.809. The number of hydrogen-bond acceptors (Lipinski definition) is 2. The number of anilines is 1. The smallest absolute Gasteiger partial charge is 0.225 e. The van der Waals surface area contributed by atoms with Gasteiger partial charge in [-0.2, -0.15) is 0 Å². The fraction of sp³-hybridized carbons (Fsp3) is 0.462. The van der Waals surface area contributed by atoms with Gasteiger partial charge in [-0.25, -0.2) is 0 Å². The SMILES string of the molecule is CC1(C(=O)NCCc2ccc(N)cc2)CC1.Cl. The van der Waals surface area contributed by atoms with E-state index in [1.54, 1.807) is 0 Å². The fourth-order valence-electron chi connectivity index (χ4n) is 1.63. The summed E-state index contributed by atoms with van der Waals surface area (Å²) in [4.78, 5) is 11.6. The van der Waals surface area contributed by atoms with E-state index in [1.807, 2.05) is 31.2 Å². The molecule has 1 fully saturated rings. The highest BCUT2D eigenvalue weighted by atomic mass is 35.5. The van der Waals surface area contributed by atoms with Crippen LogP contribution in [0.15, 0.2) is 24.3 Å². The molecule has 0 unspecified atom stereocenters. The van der Waals surface area contributed by atoms with Crippen molar-refractivity contribution in [3.05, 3.63) is 29.8 Å². The van der Waals surface area contributed by atoms with Gasteiger partial charge in [-0.05, 0) is 37.0 Å². The Kier molecular flexibility index (Phi) is 4.40. The second kappa shape index (κ2) is 5.41. The molecule has 1 saturated carbocycles. The van der Waals surface area contributed by atoms with Crippen LogP contribution in [0.3, 0.4) is 0 Å². The van der Waals surface area contributed by atoms with E-state index in [1.165, 1.54) is 5.56 Å². The average Bonchev–Trinajstić information content (AvgIpc) is 3.01. The summed E-state index contributed by atoms with van der Waals surface area (Å²) in [5.41, 5.74) is 7.51. The molecule has 0 aliphatic heterocycles. The van der Waals surface area contributed by atoms with Crippen molar-refractivity contribution in [2.75, 3.05) is 12.3 Å². The number of carbonyl (C=O) groups is 1. The Bertz CT molecular complexity index is 385. The Labute approximate surface area is 108 Å². The van der Waals surface area contributed by atoms with Gasteiger partial charge in [-0.3, -0.25) is 4.79 Å². The molecule has 1 aliphatic rings. The minimum absolute atomic E-state index is 0. The van der Waals surface area contributed by atoms with Crippen LogP contribution in [0.5, 0.6) is 0 Å². The Morgan fingerprint density at radius 1 is 1.35 bits per heavy atom. The van der Waals surface area contributed by atoms with Crippen molar-refractivity contribution in [1.29, 1.82) is 0 Å². The Hall–Kier alpha value is -1.22. The van der Waals surface area contributed by atoms with Gasteiger partial charge in [0.2, 0.25) is 5.91 Å². The molecule has 1 amide bonds. The van der Waals surface area contributed by atoms with Gasteiger partial charge in [0.1, 0.15) is 0 Å². The van der Waals surface area contributed by atoms with E-state index >= 15 is 0 Å². The van der Waals surface area contributed by atoms with Gasteiger partial charge in [-0.15, -0.1) is 12.4 Å². The molecule has 94 valence electrons. The van der Waals surface area contributed by atoms with Gasteiger partial charge in [0.15, 0.2) is 0 Å². The number of nitrogen functional groups attached to an aromatic ring is 1. The monoisotopic (exact) mass is 254 g/mol. The van der Waals surface area contributed by atoms with Crippen molar-refractivity contribution in [3.63, 3.8) is 0 Å². The largest absolute Gasteiger partial charge is 0.399 e. The Morgan fingerprint density at radius 3 is 2.47 bits per heavy atom. The fourth-order valence-corrected chi connectivity index (χ4v) is 1.63. The van der Waals surface area contributed by atoms with Gasteiger partial charge >= 0.3 is 0 Å². The Morgan fingerprint density at radius 2 is 1.94 bits per heavy atom. The van der Waals surface area contributed by atoms with Crippen molar-refractivity contribution >= 4 is 24.0 Å². The summed E-state index contributed by atoms with van der Waals surface area (Å²) in [6, 6.07) is 7.78. The van der Waals surface area contributed by atoms with Gasteiger partial charge in [0.05, 0.1) is 0 Å². The van der Waals surface area contributed by atoms with Crippen molar-refractivity contribution in [2.45, 2.75) is 26.2 Å². The summed E-state index contributed by atoms with van der Waals surface area (Å²) in [5, 5.41) is 2.98. The lowest BCUT2D eigenvalue weighted by molar-refractivity contribution is -0.125. The number of hydrogen-bond donors (Lipinski definition) is 2. The summed E-state index contributed by atoms with van der Waals surface area (Å²) in [7, 11) is 0. The predicted octanol–water partition coefficient (Wildman–Crippen LogP) is 2.15. The Balaban J connectivity index is 0.00000144. The van der Waals surface area contributed by atoms with Crippen molar-refractivity contribution in [3.8, 4) is 0 Å². The lowest BCUT2D eigenvalue weighted by Gasteiger charge is -2.09. The molecule has 2 rings (SSSR count). The summed E-state index contributed by atoms with van der Waals surface area (Å²) in [6.07, 6.45) is 2.92. The molecule has 0 bridgehead atoms. The molecular formula is C13H19ClN2O. The lowest BCUT2D eigenvalue weighted by Crippen LogP contribution is -2.31. The van der Waals surface area contributed by atoms with Gasteiger partial charge in [0.25, 0.3) is 0 Å². The third-order valence-electron chi connectivity index (χ3n) is 3.23. The topological polar surface area (TPSA) is 55.1 Å². The second-order valence-corrected chi connectivity index (χ2v) is 4.81. The molecule has 3 N–H and O–H groups in total. The van der Waals surface area contributed by atoms with Crippen molar-refractivity contribution < 1.29 is 4.79 Å². The molecule has 3 nitrogen and oxygen atoms in total. The van der Waals surface area contributed by atoms with Crippen LogP contribution in [0.2, 0.25) is 0 Å². The standard InChI is InChI=1S/C13H18N2O.ClH/c1-13(7-8-13)12(16)15-9-6-10-2-4-11(14)5-3-10;/h2-5H,6-9,14H2,1H3,(H,15,16);1H. The van der Waals surface area contributed by atoms with Crippen LogP contribution >= 0.6 is 12.4 Å². The number of carbonyl (C=O) groups excluding carboxylic acids is 1. The summed E-state index contributed by atoms with van der Waals surface area (Å²) in [5.74, 6) is 0.197. The van der Waals surface area contributed by atoms with E-state index in [4.69, 9.17) is 5.73 Å². The van der Waals surface area contributed by atoms with E-state index in [2.05, 4.69) is 5.32 Å². The first-order valence-corrected chi connectivity index (χ1v) is 5.73. The van der Waals surface area contributed by atoms with E-state index in [-0.39, 0.29) is 23.7 Å². The zero-order valence-electron chi connectivity index (χ0n) is 10.0. The number of rotatable bonds is 4. The molecule has 0 saturated heterocycles. The van der Waals surface area contributed by atoms with Crippen LogP contribution in [0.1, 0.15) is 25.3 Å². The number of nitrogens with one attached hydrogen (secondary N) is 1. The number of nitrogens with two attached hydrogens (primary N) is 1. The highest BCUT2D eigenvalue weighted by Gasteiger charge is 2.44. The number of benzene rings is 1. The van der Waals surface area contributed by atoms with Crippen LogP contribution < -0.4 is 11.1 Å². The van der Waals surface area contributed by atoms with Crippen LogP contribution in [0, 0.1) is 5.41 Å². The van der Waals surface area contributed by atoms with Crippen LogP contribution in [-0.2, 0) is 11.2 Å². The van der Waals surface area contributed by atoms with E-state index < -0.39 is 0 Å². The highest BCUT2D eigenvalue weighted by molar-refractivity contribution is 5.85. The van der Waals surface area contributed by atoms with Crippen molar-refractivity contribution in [2.24, 2.45) is 5.41 Å². The summed E-state index contributed by atoms with van der Waals surface area (Å²) < 4.78 is 0. The molecule has 0 radical (unpaired) electrons. The molecule has 4 heteroatoms. The maximum atomic E-state index is 11.6. The second-order valence-electron chi connectivity index (χ2n) is 4.81. The average molecular weight is 255 g/mol. The minimum Gasteiger partial charge on any atom is -0.399 e. The normalized spacial score (nSPS) is 15.8. The zero-order chi connectivity index (χ0) is 11.6. The molecule has 1 aliphatic carbocycles. The molecule has 0 spiro atoms. The molecule has 1 aromatic rings. The van der Waals surface area contributed by atoms with E-state index in [0.717, 1.165) is 24.9 Å². The first-order chi connectivity index (χ1) is 7.60. The highest BCUT2D eigenvalue weighted by Crippen LogP contribution is 2.44. The van der Waals surface area contributed by atoms with E-state index in [0.29, 0.717) is 6.54 Å². The first-order valence-electron chi connectivity index (χ1n) is 5.73. The zero-order valence-corrected chi connectivity index (χ0v) is 10.8. The number of halogens is 1. The minimum atomic E-state index is -0.0683. The molecular weight excluding hydrogens is 236 g/mol. The third-order valence-corrected chi connectivity index (χ3v) is 3.23. The molecule has 1 aromatic carbocycles. The van der Waals surface area contributed by atoms with Crippen molar-refractivity contribution in [1.82, 2.24) is 5.32 Å². The summed E-state index contributed by atoms with van der Waals surface area (Å²) in [6.45, 7) is 2.73. The molecule has 0 aromatic heterocycles.